The van der Waals surface area contributed by atoms with E-state index in [0.29, 0.717) is 10.7 Å². The third kappa shape index (κ3) is 4.09. The van der Waals surface area contributed by atoms with Gasteiger partial charge in [0.05, 0.1) is 10.7 Å². The molecular weight excluding hydrogens is 281 g/mol. The van der Waals surface area contributed by atoms with Crippen molar-refractivity contribution >= 4 is 46.3 Å². The van der Waals surface area contributed by atoms with E-state index >= 15 is 0 Å². The Kier molecular flexibility index (Phi) is 5.55. The van der Waals surface area contributed by atoms with Gasteiger partial charge in [-0.3, -0.25) is 0 Å². The van der Waals surface area contributed by atoms with Gasteiger partial charge in [-0.15, -0.1) is 12.4 Å². The summed E-state index contributed by atoms with van der Waals surface area (Å²) in [5.41, 5.74) is 13.5. The summed E-state index contributed by atoms with van der Waals surface area (Å²) in [6.07, 6.45) is 1.91. The van der Waals surface area contributed by atoms with Gasteiger partial charge in [0, 0.05) is 17.4 Å². The van der Waals surface area contributed by atoms with Gasteiger partial charge in [-0.2, -0.15) is 0 Å². The van der Waals surface area contributed by atoms with Crippen LogP contribution in [0.25, 0.3) is 10.9 Å². The van der Waals surface area contributed by atoms with Crippen LogP contribution in [0.3, 0.4) is 0 Å². The smallest absolute Gasteiger partial charge is 0.0635 e. The molecule has 1 aromatic heterocycles. The average molecular weight is 296 g/mol. The molecule has 2 aromatic carbocycles. The lowest BCUT2D eigenvalue weighted by atomic mass is 10.2. The third-order valence-electron chi connectivity index (χ3n) is 2.48. The molecule has 0 aliphatic heterocycles. The third-order valence-corrected chi connectivity index (χ3v) is 2.83. The minimum absolute atomic E-state index is 0. The summed E-state index contributed by atoms with van der Waals surface area (Å²) in [7, 11) is 0. The van der Waals surface area contributed by atoms with Crippen molar-refractivity contribution < 1.29 is 0 Å². The second kappa shape index (κ2) is 6.92. The Labute approximate surface area is 123 Å². The number of aromatic nitrogens is 1. The minimum atomic E-state index is 0. The maximum absolute atomic E-state index is 5.58. The van der Waals surface area contributed by atoms with Crippen molar-refractivity contribution in [2.24, 2.45) is 0 Å². The van der Waals surface area contributed by atoms with Gasteiger partial charge in [0.25, 0.3) is 0 Å². The Balaban J connectivity index is 0.000000185. The van der Waals surface area contributed by atoms with E-state index < -0.39 is 0 Å². The van der Waals surface area contributed by atoms with Crippen LogP contribution in [0.15, 0.2) is 54.7 Å². The van der Waals surface area contributed by atoms with Crippen molar-refractivity contribution in [3.8, 4) is 0 Å². The Hall–Kier alpha value is -1.84. The van der Waals surface area contributed by atoms with Crippen LogP contribution in [-0.2, 0) is 0 Å². The van der Waals surface area contributed by atoms with Crippen LogP contribution in [0, 0.1) is 0 Å². The van der Waals surface area contributed by atoms with Gasteiger partial charge < -0.3 is 16.5 Å². The summed E-state index contributed by atoms with van der Waals surface area (Å²) in [6.45, 7) is 0. The highest BCUT2D eigenvalue weighted by Gasteiger charge is 1.91. The first-order chi connectivity index (χ1) is 8.66. The molecule has 0 amide bonds. The van der Waals surface area contributed by atoms with Crippen molar-refractivity contribution in [2.75, 3.05) is 11.5 Å². The highest BCUT2D eigenvalue weighted by atomic mass is 35.5. The number of nitrogen functional groups attached to an aromatic ring is 2. The number of nitrogens with one attached hydrogen (secondary N) is 1. The van der Waals surface area contributed by atoms with Crippen LogP contribution in [0.5, 0.6) is 0 Å². The molecule has 5 heteroatoms. The topological polar surface area (TPSA) is 67.8 Å². The van der Waals surface area contributed by atoms with Crippen molar-refractivity contribution in [3.63, 3.8) is 0 Å². The van der Waals surface area contributed by atoms with Gasteiger partial charge in [-0.05, 0) is 35.7 Å². The molecule has 0 radical (unpaired) electrons. The highest BCUT2D eigenvalue weighted by Crippen LogP contribution is 2.15. The second-order valence-corrected chi connectivity index (χ2v) is 4.25. The van der Waals surface area contributed by atoms with Gasteiger partial charge in [0.2, 0.25) is 0 Å². The van der Waals surface area contributed by atoms with Gasteiger partial charge in [-0.1, -0.05) is 29.8 Å². The summed E-state index contributed by atoms with van der Waals surface area (Å²) >= 11 is 5.58. The first-order valence-electron chi connectivity index (χ1n) is 5.49. The van der Waals surface area contributed by atoms with Crippen LogP contribution in [0.4, 0.5) is 11.4 Å². The van der Waals surface area contributed by atoms with Gasteiger partial charge in [0.15, 0.2) is 0 Å². The fraction of sp³-hybridized carbons (Fsp3) is 0. The van der Waals surface area contributed by atoms with E-state index in [-0.39, 0.29) is 12.4 Å². The molecule has 0 saturated heterocycles. The van der Waals surface area contributed by atoms with Crippen molar-refractivity contribution in [1.82, 2.24) is 4.98 Å². The predicted octanol–water partition coefficient (Wildman–Crippen LogP) is 4.09. The van der Waals surface area contributed by atoms with Crippen LogP contribution in [0.1, 0.15) is 0 Å². The molecule has 0 aliphatic carbocycles. The Bertz CT molecular complexity index is 629. The zero-order valence-corrected chi connectivity index (χ0v) is 11.7. The van der Waals surface area contributed by atoms with Crippen molar-refractivity contribution in [2.45, 2.75) is 0 Å². The van der Waals surface area contributed by atoms with E-state index in [0.717, 1.165) is 11.2 Å². The summed E-state index contributed by atoms with van der Waals surface area (Å²) < 4.78 is 0. The number of benzene rings is 2. The zero-order valence-electron chi connectivity index (χ0n) is 10.1. The molecule has 3 aromatic rings. The van der Waals surface area contributed by atoms with Crippen LogP contribution < -0.4 is 11.5 Å². The molecule has 3 rings (SSSR count). The number of aromatic amines is 1. The Morgan fingerprint density at radius 1 is 0.947 bits per heavy atom. The summed E-state index contributed by atoms with van der Waals surface area (Å²) in [4.78, 5) is 3.08. The van der Waals surface area contributed by atoms with Crippen LogP contribution >= 0.6 is 24.0 Å². The number of rotatable bonds is 0. The summed E-state index contributed by atoms with van der Waals surface area (Å²) in [5.74, 6) is 0. The van der Waals surface area contributed by atoms with E-state index in [1.807, 2.05) is 42.6 Å². The molecule has 0 fully saturated rings. The number of H-pyrrole nitrogens is 1. The molecule has 1 heterocycles. The molecule has 19 heavy (non-hydrogen) atoms. The van der Waals surface area contributed by atoms with Crippen LogP contribution in [0.2, 0.25) is 5.02 Å². The first-order valence-corrected chi connectivity index (χ1v) is 5.87. The number of hydrogen-bond acceptors (Lipinski definition) is 2. The normalized spacial score (nSPS) is 9.32. The first kappa shape index (κ1) is 15.2. The van der Waals surface area contributed by atoms with Gasteiger partial charge >= 0.3 is 0 Å². The standard InChI is InChI=1S/C8H8N2.C6H6ClN.ClH/c9-7-2-1-6-3-4-10-8(6)5-7;7-5-3-1-2-4-6(5)8;/h1-5,10H,9H2;1-4H,8H2;1H. The number of anilines is 2. The summed E-state index contributed by atoms with van der Waals surface area (Å²) in [6, 6.07) is 15.1. The molecule has 5 N–H and O–H groups in total. The minimum Gasteiger partial charge on any atom is -0.399 e. The van der Waals surface area contributed by atoms with E-state index in [1.165, 1.54) is 5.39 Å². The maximum Gasteiger partial charge on any atom is 0.0635 e. The predicted molar refractivity (Wildman–Crippen MR) is 85.8 cm³/mol. The molecule has 0 saturated carbocycles. The van der Waals surface area contributed by atoms with E-state index in [2.05, 4.69) is 4.98 Å². The van der Waals surface area contributed by atoms with Crippen LogP contribution in [-0.4, -0.2) is 4.98 Å². The molecule has 0 aliphatic rings. The van der Waals surface area contributed by atoms with Gasteiger partial charge in [-0.25, -0.2) is 0 Å². The lowest BCUT2D eigenvalue weighted by Gasteiger charge is -1.91. The molecule has 0 spiro atoms. The lowest BCUT2D eigenvalue weighted by Crippen LogP contribution is -1.82. The summed E-state index contributed by atoms with van der Waals surface area (Å²) in [5, 5.41) is 1.82. The monoisotopic (exact) mass is 295 g/mol. The molecule has 0 bridgehead atoms. The highest BCUT2D eigenvalue weighted by molar-refractivity contribution is 6.33. The Morgan fingerprint density at radius 2 is 1.68 bits per heavy atom. The zero-order chi connectivity index (χ0) is 13.0. The molecule has 3 nitrogen and oxygen atoms in total. The largest absolute Gasteiger partial charge is 0.399 e. The van der Waals surface area contributed by atoms with Crippen molar-refractivity contribution in [1.29, 1.82) is 0 Å². The molecular formula is C14H15Cl2N3. The number of halogens is 2. The fourth-order valence-electron chi connectivity index (χ4n) is 1.54. The SMILES string of the molecule is Cl.Nc1ccc2cc[nH]c2c1.Nc1ccccc1Cl. The number of para-hydroxylation sites is 1. The molecule has 0 atom stereocenters. The lowest BCUT2D eigenvalue weighted by molar-refractivity contribution is 1.48. The fourth-order valence-corrected chi connectivity index (χ4v) is 1.68. The Morgan fingerprint density at radius 3 is 2.32 bits per heavy atom. The van der Waals surface area contributed by atoms with E-state index in [9.17, 15) is 0 Å². The second-order valence-electron chi connectivity index (χ2n) is 3.85. The number of hydrogen-bond donors (Lipinski definition) is 3. The van der Waals surface area contributed by atoms with Crippen molar-refractivity contribution in [3.05, 3.63) is 59.8 Å². The quantitative estimate of drug-likeness (QED) is 0.547. The van der Waals surface area contributed by atoms with Gasteiger partial charge in [0.1, 0.15) is 0 Å². The molecule has 0 unspecified atom stereocenters. The maximum atomic E-state index is 5.58. The average Bonchev–Trinajstić information content (AvgIpc) is 2.81. The number of fused-ring (bicyclic) bond motifs is 1. The molecule has 100 valence electrons. The van der Waals surface area contributed by atoms with E-state index in [1.54, 1.807) is 12.1 Å². The van der Waals surface area contributed by atoms with E-state index in [4.69, 9.17) is 23.1 Å². The number of nitrogens with two attached hydrogens (primary N) is 2.